The molecule has 0 fully saturated rings. The predicted octanol–water partition coefficient (Wildman–Crippen LogP) is 0.0514. The van der Waals surface area contributed by atoms with Crippen molar-refractivity contribution in [1.29, 1.82) is 0 Å². The zero-order chi connectivity index (χ0) is 11.2. The molecule has 0 rings (SSSR count). The summed E-state index contributed by atoms with van der Waals surface area (Å²) >= 11 is 0. The van der Waals surface area contributed by atoms with Crippen molar-refractivity contribution in [1.82, 2.24) is 0 Å². The summed E-state index contributed by atoms with van der Waals surface area (Å²) in [5, 5.41) is 0. The largest absolute Gasteiger partial charge is 0.395 e. The van der Waals surface area contributed by atoms with Crippen molar-refractivity contribution >= 4 is 8.56 Å². The van der Waals surface area contributed by atoms with Gasteiger partial charge < -0.3 is 26.1 Å². The molecule has 0 aliphatic rings. The van der Waals surface area contributed by atoms with Crippen molar-refractivity contribution in [3.8, 4) is 0 Å². The number of rotatable bonds is 7. The molecule has 14 heavy (non-hydrogen) atoms. The molecular formula is C8H23N3O2Si. The molecule has 0 aromatic rings. The normalized spacial score (nSPS) is 13.3. The van der Waals surface area contributed by atoms with Crippen molar-refractivity contribution in [3.05, 3.63) is 0 Å². The number of hydrogen-bond acceptors (Lipinski definition) is 5. The van der Waals surface area contributed by atoms with Gasteiger partial charge >= 0.3 is 8.56 Å². The van der Waals surface area contributed by atoms with Crippen LogP contribution in [0.5, 0.6) is 0 Å². The summed E-state index contributed by atoms with van der Waals surface area (Å²) in [5.74, 6) is -1.12. The van der Waals surface area contributed by atoms with Crippen LogP contribution in [0.25, 0.3) is 0 Å². The van der Waals surface area contributed by atoms with E-state index >= 15 is 0 Å². The van der Waals surface area contributed by atoms with Crippen LogP contribution in [0.15, 0.2) is 0 Å². The van der Waals surface area contributed by atoms with Crippen LogP contribution in [0.4, 0.5) is 0 Å². The van der Waals surface area contributed by atoms with Crippen molar-refractivity contribution in [2.75, 3.05) is 13.2 Å². The first-order valence-corrected chi connectivity index (χ1v) is 7.50. The van der Waals surface area contributed by atoms with Gasteiger partial charge in [0.1, 0.15) is 5.79 Å². The fraction of sp³-hybridized carbons (Fsp3) is 1.00. The van der Waals surface area contributed by atoms with Gasteiger partial charge in [-0.1, -0.05) is 0 Å². The molecule has 0 amide bonds. The zero-order valence-corrected chi connectivity index (χ0v) is 10.4. The molecule has 0 unspecified atom stereocenters. The van der Waals surface area contributed by atoms with Crippen molar-refractivity contribution in [2.45, 2.75) is 38.6 Å². The minimum Gasteiger partial charge on any atom is -0.395 e. The van der Waals surface area contributed by atoms with E-state index in [1.165, 1.54) is 0 Å². The molecule has 6 heteroatoms. The molecule has 5 nitrogen and oxygen atoms in total. The SMILES string of the molecule is CCO[Si](C)(CCC(N)(N)N)OCC. The van der Waals surface area contributed by atoms with Gasteiger partial charge in [0.15, 0.2) is 0 Å². The third-order valence-corrected chi connectivity index (χ3v) is 4.87. The summed E-state index contributed by atoms with van der Waals surface area (Å²) < 4.78 is 11.2. The molecule has 0 bridgehead atoms. The minimum absolute atomic E-state index is 0.510. The average molecular weight is 221 g/mol. The van der Waals surface area contributed by atoms with Crippen LogP contribution < -0.4 is 17.2 Å². The van der Waals surface area contributed by atoms with E-state index in [9.17, 15) is 0 Å². The lowest BCUT2D eigenvalue weighted by Crippen LogP contribution is -2.59. The first-order chi connectivity index (χ1) is 6.33. The Morgan fingerprint density at radius 1 is 1.07 bits per heavy atom. The van der Waals surface area contributed by atoms with Gasteiger partial charge in [-0.3, -0.25) is 0 Å². The van der Waals surface area contributed by atoms with Crippen LogP contribution in [0.1, 0.15) is 20.3 Å². The van der Waals surface area contributed by atoms with Gasteiger partial charge in [0.2, 0.25) is 0 Å². The predicted molar refractivity (Wildman–Crippen MR) is 59.6 cm³/mol. The topological polar surface area (TPSA) is 96.5 Å². The van der Waals surface area contributed by atoms with Gasteiger partial charge in [-0.15, -0.1) is 0 Å². The molecule has 0 aromatic carbocycles. The Balaban J connectivity index is 4.08. The van der Waals surface area contributed by atoms with E-state index < -0.39 is 14.3 Å². The maximum Gasteiger partial charge on any atom is 0.335 e. The summed E-state index contributed by atoms with van der Waals surface area (Å²) in [7, 11) is -2.10. The molecule has 0 radical (unpaired) electrons. The molecule has 0 aliphatic carbocycles. The van der Waals surface area contributed by atoms with E-state index in [0.717, 1.165) is 6.04 Å². The minimum atomic E-state index is -2.10. The summed E-state index contributed by atoms with van der Waals surface area (Å²) in [4.78, 5) is 0. The fourth-order valence-corrected chi connectivity index (χ4v) is 3.72. The molecule has 86 valence electrons. The Labute approximate surface area is 87.2 Å². The van der Waals surface area contributed by atoms with E-state index in [2.05, 4.69) is 0 Å². The second kappa shape index (κ2) is 5.79. The Bertz CT molecular complexity index is 155. The second-order valence-corrected chi connectivity index (χ2v) is 6.96. The first kappa shape index (κ1) is 14.0. The fourth-order valence-electron chi connectivity index (χ4n) is 1.24. The molecule has 0 saturated carbocycles. The van der Waals surface area contributed by atoms with Crippen LogP contribution >= 0.6 is 0 Å². The Morgan fingerprint density at radius 2 is 1.50 bits per heavy atom. The van der Waals surface area contributed by atoms with Gasteiger partial charge in [-0.25, -0.2) is 0 Å². The van der Waals surface area contributed by atoms with E-state index in [-0.39, 0.29) is 0 Å². The molecule has 0 spiro atoms. The van der Waals surface area contributed by atoms with E-state index in [0.29, 0.717) is 19.6 Å². The van der Waals surface area contributed by atoms with Gasteiger partial charge in [0.05, 0.1) is 0 Å². The highest BCUT2D eigenvalue weighted by atomic mass is 28.4. The van der Waals surface area contributed by atoms with Crippen molar-refractivity contribution < 1.29 is 8.85 Å². The van der Waals surface area contributed by atoms with Crippen molar-refractivity contribution in [2.24, 2.45) is 17.2 Å². The first-order valence-electron chi connectivity index (χ1n) is 4.97. The number of hydrogen-bond donors (Lipinski definition) is 3. The summed E-state index contributed by atoms with van der Waals surface area (Å²) in [6.45, 7) is 7.20. The van der Waals surface area contributed by atoms with Crippen molar-refractivity contribution in [3.63, 3.8) is 0 Å². The molecule has 0 saturated heterocycles. The van der Waals surface area contributed by atoms with Crippen LogP contribution in [0, 0.1) is 0 Å². The zero-order valence-electron chi connectivity index (χ0n) is 9.38. The molecule has 0 heterocycles. The van der Waals surface area contributed by atoms with Crippen LogP contribution in [0.2, 0.25) is 12.6 Å². The Kier molecular flexibility index (Phi) is 5.80. The van der Waals surface area contributed by atoms with Gasteiger partial charge in [-0.2, -0.15) is 0 Å². The quantitative estimate of drug-likeness (QED) is 0.417. The smallest absolute Gasteiger partial charge is 0.335 e. The van der Waals surface area contributed by atoms with Gasteiger partial charge in [0, 0.05) is 13.2 Å². The van der Waals surface area contributed by atoms with Crippen LogP contribution in [-0.2, 0) is 8.85 Å². The van der Waals surface area contributed by atoms with E-state index in [1.807, 2.05) is 20.4 Å². The molecular weight excluding hydrogens is 198 g/mol. The average Bonchev–Trinajstić information content (AvgIpc) is 2.01. The summed E-state index contributed by atoms with van der Waals surface area (Å²) in [6, 6.07) is 0.720. The monoisotopic (exact) mass is 221 g/mol. The maximum absolute atomic E-state index is 5.62. The lowest BCUT2D eigenvalue weighted by atomic mass is 10.3. The Morgan fingerprint density at radius 3 is 1.79 bits per heavy atom. The lowest BCUT2D eigenvalue weighted by molar-refractivity contribution is 0.185. The Hall–Kier alpha value is 0.0169. The molecule has 0 atom stereocenters. The standard InChI is InChI=1S/C8H23N3O2Si/c1-4-12-14(3,13-5-2)7-6-8(9,10)11/h4-7,9-11H2,1-3H3. The second-order valence-electron chi connectivity index (χ2n) is 3.61. The molecule has 0 aromatic heterocycles. The van der Waals surface area contributed by atoms with E-state index in [1.54, 1.807) is 0 Å². The van der Waals surface area contributed by atoms with Gasteiger partial charge in [-0.05, 0) is 32.9 Å². The lowest BCUT2D eigenvalue weighted by Gasteiger charge is -2.28. The number of nitrogens with two attached hydrogens (primary N) is 3. The van der Waals surface area contributed by atoms with E-state index in [4.69, 9.17) is 26.1 Å². The highest BCUT2D eigenvalue weighted by Crippen LogP contribution is 2.17. The highest BCUT2D eigenvalue weighted by molar-refractivity contribution is 6.66. The summed E-state index contributed by atoms with van der Waals surface area (Å²) in [5.41, 5.74) is 16.5. The maximum atomic E-state index is 5.62. The third kappa shape index (κ3) is 6.47. The summed E-state index contributed by atoms with van der Waals surface area (Å²) in [6.07, 6.45) is 0.510. The van der Waals surface area contributed by atoms with Crippen LogP contribution in [-0.4, -0.2) is 27.6 Å². The third-order valence-electron chi connectivity index (χ3n) is 1.91. The van der Waals surface area contributed by atoms with Crippen LogP contribution in [0.3, 0.4) is 0 Å². The van der Waals surface area contributed by atoms with Gasteiger partial charge in [0.25, 0.3) is 0 Å². The molecule has 0 aliphatic heterocycles. The molecule has 6 N–H and O–H groups in total. The highest BCUT2D eigenvalue weighted by Gasteiger charge is 2.32.